The number of benzene rings is 1. The van der Waals surface area contributed by atoms with Crippen LogP contribution in [0.4, 0.5) is 17.2 Å². The van der Waals surface area contributed by atoms with Crippen molar-refractivity contribution in [1.82, 2.24) is 14.6 Å². The number of fused-ring (bicyclic) bond motifs is 1. The van der Waals surface area contributed by atoms with Crippen LogP contribution in [0.5, 0.6) is 0 Å². The zero-order valence-electron chi connectivity index (χ0n) is 15.3. The van der Waals surface area contributed by atoms with E-state index in [1.165, 1.54) is 0 Å². The van der Waals surface area contributed by atoms with Crippen LogP contribution in [0.3, 0.4) is 0 Å². The second kappa shape index (κ2) is 7.25. The summed E-state index contributed by atoms with van der Waals surface area (Å²) in [6, 6.07) is 10.2. The summed E-state index contributed by atoms with van der Waals surface area (Å²) in [4.78, 5) is 4.45. The Balaban J connectivity index is 1.65. The zero-order chi connectivity index (χ0) is 18.8. The molecule has 1 fully saturated rings. The van der Waals surface area contributed by atoms with Gasteiger partial charge in [-0.25, -0.2) is 9.50 Å². The molecular formula is C20H23N7. The molecule has 0 saturated heterocycles. The smallest absolute Gasteiger partial charge is 0.177 e. The number of anilines is 3. The van der Waals surface area contributed by atoms with Gasteiger partial charge >= 0.3 is 0 Å². The van der Waals surface area contributed by atoms with E-state index in [1.54, 1.807) is 22.8 Å². The van der Waals surface area contributed by atoms with Crippen molar-refractivity contribution >= 4 is 22.8 Å². The molecule has 0 radical (unpaired) electrons. The van der Waals surface area contributed by atoms with E-state index in [2.05, 4.69) is 21.7 Å². The van der Waals surface area contributed by atoms with Crippen LogP contribution < -0.4 is 16.4 Å². The fraction of sp³-hybridized carbons (Fsp3) is 0.350. The molecule has 2 heterocycles. The number of hydrogen-bond acceptors (Lipinski definition) is 6. The van der Waals surface area contributed by atoms with E-state index in [0.717, 1.165) is 54.1 Å². The van der Waals surface area contributed by atoms with Gasteiger partial charge in [0.1, 0.15) is 0 Å². The maximum absolute atomic E-state index is 8.98. The van der Waals surface area contributed by atoms with Crippen molar-refractivity contribution in [3.8, 4) is 6.07 Å². The maximum Gasteiger partial charge on any atom is 0.177 e. The monoisotopic (exact) mass is 361 g/mol. The highest BCUT2D eigenvalue weighted by Crippen LogP contribution is 2.30. The van der Waals surface area contributed by atoms with E-state index in [0.29, 0.717) is 17.6 Å². The van der Waals surface area contributed by atoms with Gasteiger partial charge in [0.25, 0.3) is 0 Å². The molecular weight excluding hydrogens is 338 g/mol. The minimum atomic E-state index is 0.321. The first-order chi connectivity index (χ1) is 13.1. The molecule has 0 unspecified atom stereocenters. The first-order valence-electron chi connectivity index (χ1n) is 9.27. The van der Waals surface area contributed by atoms with Crippen LogP contribution in [0.1, 0.15) is 36.8 Å². The number of nitriles is 1. The van der Waals surface area contributed by atoms with E-state index < -0.39 is 0 Å². The number of nitrogens with zero attached hydrogens (tertiary/aromatic N) is 4. The van der Waals surface area contributed by atoms with Crippen molar-refractivity contribution in [3.63, 3.8) is 0 Å². The molecule has 1 aliphatic carbocycles. The van der Waals surface area contributed by atoms with Crippen molar-refractivity contribution in [2.24, 2.45) is 5.73 Å². The molecule has 3 aromatic rings. The molecule has 7 nitrogen and oxygen atoms in total. The van der Waals surface area contributed by atoms with Crippen LogP contribution in [0, 0.1) is 18.3 Å². The third-order valence-electron chi connectivity index (χ3n) is 5.18. The zero-order valence-corrected chi connectivity index (χ0v) is 15.3. The van der Waals surface area contributed by atoms with Gasteiger partial charge in [0.15, 0.2) is 11.5 Å². The highest BCUT2D eigenvalue weighted by Gasteiger charge is 2.21. The topological polar surface area (TPSA) is 104 Å². The molecule has 1 aromatic carbocycles. The van der Waals surface area contributed by atoms with Crippen LogP contribution in [0.15, 0.2) is 36.7 Å². The van der Waals surface area contributed by atoms with E-state index in [1.807, 2.05) is 25.3 Å². The minimum absolute atomic E-state index is 0.321. The lowest BCUT2D eigenvalue weighted by Gasteiger charge is -2.28. The molecule has 1 saturated carbocycles. The Bertz CT molecular complexity index is 976. The Morgan fingerprint density at radius 3 is 2.63 bits per heavy atom. The molecule has 4 rings (SSSR count). The van der Waals surface area contributed by atoms with Crippen LogP contribution in [-0.2, 0) is 0 Å². The first-order valence-corrected chi connectivity index (χ1v) is 9.27. The fourth-order valence-corrected chi connectivity index (χ4v) is 3.54. The molecule has 0 bridgehead atoms. The molecule has 0 spiro atoms. The highest BCUT2D eigenvalue weighted by atomic mass is 15.3. The third kappa shape index (κ3) is 3.57. The summed E-state index contributed by atoms with van der Waals surface area (Å²) in [5.74, 6) is 0.858. The molecule has 27 heavy (non-hydrogen) atoms. The van der Waals surface area contributed by atoms with Gasteiger partial charge in [-0.15, -0.1) is 5.10 Å². The summed E-state index contributed by atoms with van der Waals surface area (Å²) < 4.78 is 1.79. The van der Waals surface area contributed by atoms with Crippen molar-refractivity contribution in [2.75, 3.05) is 10.6 Å². The molecule has 0 atom stereocenters. The lowest BCUT2D eigenvalue weighted by molar-refractivity contribution is 0.410. The first kappa shape index (κ1) is 17.3. The minimum Gasteiger partial charge on any atom is -0.366 e. The number of aromatic nitrogens is 3. The number of nitrogens with one attached hydrogen (secondary N) is 2. The quantitative estimate of drug-likeness (QED) is 0.658. The van der Waals surface area contributed by atoms with Gasteiger partial charge in [0, 0.05) is 35.7 Å². The second-order valence-corrected chi connectivity index (χ2v) is 7.11. The van der Waals surface area contributed by atoms with Gasteiger partial charge in [0.05, 0.1) is 17.3 Å². The Kier molecular flexibility index (Phi) is 4.65. The van der Waals surface area contributed by atoms with E-state index >= 15 is 0 Å². The van der Waals surface area contributed by atoms with Crippen molar-refractivity contribution in [2.45, 2.75) is 44.7 Å². The predicted molar refractivity (Wildman–Crippen MR) is 106 cm³/mol. The van der Waals surface area contributed by atoms with Gasteiger partial charge in [-0.05, 0) is 56.9 Å². The van der Waals surface area contributed by atoms with Crippen molar-refractivity contribution < 1.29 is 0 Å². The van der Waals surface area contributed by atoms with E-state index in [-0.39, 0.29) is 0 Å². The summed E-state index contributed by atoms with van der Waals surface area (Å²) in [5.41, 5.74) is 10.3. The van der Waals surface area contributed by atoms with Crippen LogP contribution in [0.25, 0.3) is 5.65 Å². The van der Waals surface area contributed by atoms with Crippen LogP contribution >= 0.6 is 0 Å². The maximum atomic E-state index is 8.98. The van der Waals surface area contributed by atoms with Crippen LogP contribution in [0.2, 0.25) is 0 Å². The van der Waals surface area contributed by atoms with E-state index in [4.69, 9.17) is 16.1 Å². The van der Waals surface area contributed by atoms with Gasteiger partial charge < -0.3 is 16.4 Å². The molecule has 1 aliphatic rings. The Hall–Kier alpha value is -3.11. The standard InChI is InChI=1S/C20H23N7/c1-13-18(24-16-6-2-14(12-21)3-7-16)20-23-10-11-27(20)26-19(13)25-17-8-4-15(22)5-9-17/h2-3,6-7,10-11,15,17,24H,4-5,8-9,22H2,1H3,(H,25,26). The molecule has 4 N–H and O–H groups in total. The molecule has 0 amide bonds. The largest absolute Gasteiger partial charge is 0.366 e. The number of nitrogens with two attached hydrogens (primary N) is 1. The van der Waals surface area contributed by atoms with Gasteiger partial charge in [-0.3, -0.25) is 0 Å². The fourth-order valence-electron chi connectivity index (χ4n) is 3.54. The van der Waals surface area contributed by atoms with Crippen LogP contribution in [-0.4, -0.2) is 26.7 Å². The average molecular weight is 361 g/mol. The Morgan fingerprint density at radius 2 is 1.93 bits per heavy atom. The number of hydrogen-bond donors (Lipinski definition) is 3. The lowest BCUT2D eigenvalue weighted by atomic mass is 9.92. The van der Waals surface area contributed by atoms with Crippen molar-refractivity contribution in [3.05, 3.63) is 47.8 Å². The molecule has 2 aromatic heterocycles. The molecule has 0 aliphatic heterocycles. The van der Waals surface area contributed by atoms with E-state index in [9.17, 15) is 0 Å². The average Bonchev–Trinajstić information content (AvgIpc) is 3.15. The molecule has 7 heteroatoms. The summed E-state index contributed by atoms with van der Waals surface area (Å²) in [6.07, 6.45) is 7.79. The normalized spacial score (nSPS) is 19.6. The number of imidazole rings is 1. The summed E-state index contributed by atoms with van der Waals surface area (Å²) in [7, 11) is 0. The SMILES string of the molecule is Cc1c(NC2CCC(N)CC2)nn2ccnc2c1Nc1ccc(C#N)cc1. The summed E-state index contributed by atoms with van der Waals surface area (Å²) in [6.45, 7) is 2.05. The lowest BCUT2D eigenvalue weighted by Crippen LogP contribution is -2.33. The Labute approximate surface area is 158 Å². The van der Waals surface area contributed by atoms with Gasteiger partial charge in [-0.2, -0.15) is 5.26 Å². The number of rotatable bonds is 4. The predicted octanol–water partition coefficient (Wildman–Crippen LogP) is 3.33. The highest BCUT2D eigenvalue weighted by molar-refractivity contribution is 5.80. The second-order valence-electron chi connectivity index (χ2n) is 7.11. The molecule has 138 valence electrons. The van der Waals surface area contributed by atoms with Gasteiger partial charge in [0.2, 0.25) is 0 Å². The van der Waals surface area contributed by atoms with Gasteiger partial charge in [-0.1, -0.05) is 0 Å². The third-order valence-corrected chi connectivity index (χ3v) is 5.18. The summed E-state index contributed by atoms with van der Waals surface area (Å²) in [5, 5.41) is 20.7. The Morgan fingerprint density at radius 1 is 1.19 bits per heavy atom. The van der Waals surface area contributed by atoms with Crippen molar-refractivity contribution in [1.29, 1.82) is 5.26 Å². The summed E-state index contributed by atoms with van der Waals surface area (Å²) >= 11 is 0.